The van der Waals surface area contributed by atoms with E-state index in [0.29, 0.717) is 38.5 Å². The lowest BCUT2D eigenvalue weighted by Crippen LogP contribution is -2.66. The van der Waals surface area contributed by atoms with Crippen molar-refractivity contribution in [3.8, 4) is 0 Å². The van der Waals surface area contributed by atoms with Crippen LogP contribution in [0.2, 0.25) is 0 Å². The number of carbonyl (C=O) groups is 8. The molecule has 8 saturated carbocycles. The van der Waals surface area contributed by atoms with Gasteiger partial charge in [0.15, 0.2) is 17.5 Å². The van der Waals surface area contributed by atoms with Crippen LogP contribution in [0.4, 0.5) is 0 Å². The Balaban J connectivity index is 0.000000207. The third-order valence-electron chi connectivity index (χ3n) is 28.4. The SMILES string of the molecule is CC1(C)[C@@H](OC(=O)CCC(=O)O)CC[C@]2(C)[C@H]3C(=O)C=C4[C@@H]5C[C@@](C)(C(=O)O)CC[C@]5(C)CC[C@@]4(C)[C@]3(C)CC[C@@H]12.CC1(C)[C@@H](OC(=O)CCC(=O)O)CC[C@]2(C)[C@H]3C(=O)C=C4[C@@H]5C[C@@](C)(C(=O)O)CC[C@]5(C)CC[C@@]4(C)[C@]3(C)CC[C@@H]12.CN(C)C(=N)N=C(N)N. The van der Waals surface area contributed by atoms with Gasteiger partial charge in [0.05, 0.1) is 36.5 Å². The monoisotopic (exact) mass is 1270 g/mol. The van der Waals surface area contributed by atoms with Crippen molar-refractivity contribution >= 4 is 59.3 Å². The molecule has 10 aliphatic rings. The minimum Gasteiger partial charge on any atom is -0.481 e. The summed E-state index contributed by atoms with van der Waals surface area (Å²) in [6, 6.07) is 0. The van der Waals surface area contributed by atoms with E-state index in [1.165, 1.54) is 16.0 Å². The zero-order valence-electron chi connectivity index (χ0n) is 57.8. The highest BCUT2D eigenvalue weighted by molar-refractivity contribution is 5.97. The van der Waals surface area contributed by atoms with Gasteiger partial charge in [-0.15, -0.1) is 0 Å². The molecule has 19 nitrogen and oxygen atoms in total. The second-order valence-electron chi connectivity index (χ2n) is 34.3. The van der Waals surface area contributed by atoms with Crippen molar-refractivity contribution < 1.29 is 68.3 Å². The van der Waals surface area contributed by atoms with E-state index >= 15 is 0 Å². The van der Waals surface area contributed by atoms with Gasteiger partial charge in [0, 0.05) is 36.8 Å². The van der Waals surface area contributed by atoms with E-state index in [1.54, 1.807) is 14.1 Å². The number of carbonyl (C=O) groups excluding carboxylic acids is 4. The van der Waals surface area contributed by atoms with E-state index in [1.807, 2.05) is 26.0 Å². The van der Waals surface area contributed by atoms with Gasteiger partial charge in [-0.25, -0.2) is 0 Å². The number of guanidine groups is 2. The predicted molar refractivity (Wildman–Crippen MR) is 345 cm³/mol. The molecule has 0 aromatic carbocycles. The van der Waals surface area contributed by atoms with Crippen LogP contribution in [-0.2, 0) is 47.8 Å². The lowest BCUT2D eigenvalue weighted by Gasteiger charge is -2.70. The van der Waals surface area contributed by atoms with E-state index in [0.717, 1.165) is 77.0 Å². The summed E-state index contributed by atoms with van der Waals surface area (Å²) in [5.74, 6) is -3.78. The fraction of sp³-hybridized carbons (Fsp3) is 0.806. The molecule has 10 aliphatic carbocycles. The lowest BCUT2D eigenvalue weighted by molar-refractivity contribution is -0.211. The number of nitrogens with one attached hydrogen (secondary N) is 1. The molecule has 10 rings (SSSR count). The number of carboxylic acids is 4. The van der Waals surface area contributed by atoms with Gasteiger partial charge in [-0.3, -0.25) is 43.8 Å². The van der Waals surface area contributed by atoms with E-state index in [4.69, 9.17) is 36.6 Å². The molecule has 0 aromatic rings. The first kappa shape index (κ1) is 71.2. The van der Waals surface area contributed by atoms with Crippen LogP contribution in [0.15, 0.2) is 28.3 Å². The van der Waals surface area contributed by atoms with E-state index < -0.39 is 46.6 Å². The highest BCUT2D eigenvalue weighted by Crippen LogP contribution is 2.77. The minimum atomic E-state index is -1.01. The van der Waals surface area contributed by atoms with Crippen molar-refractivity contribution in [1.29, 1.82) is 5.41 Å². The number of carboxylic acid groups (broad SMARTS) is 4. The van der Waals surface area contributed by atoms with Gasteiger partial charge >= 0.3 is 35.8 Å². The Morgan fingerprint density at radius 1 is 0.516 bits per heavy atom. The predicted octanol–water partition coefficient (Wildman–Crippen LogP) is 12.4. The summed E-state index contributed by atoms with van der Waals surface area (Å²) in [5.41, 5.74) is 8.88. The summed E-state index contributed by atoms with van der Waals surface area (Å²) >= 11 is 0. The van der Waals surface area contributed by atoms with Crippen LogP contribution in [0, 0.1) is 106 Å². The molecule has 0 unspecified atom stereocenters. The van der Waals surface area contributed by atoms with Gasteiger partial charge in [0.2, 0.25) is 5.96 Å². The molecule has 0 spiro atoms. The van der Waals surface area contributed by atoms with Crippen molar-refractivity contribution in [2.75, 3.05) is 14.1 Å². The molecule has 0 saturated heterocycles. The number of aliphatic imine (C=N–C) groups is 1. The average molecular weight is 1270 g/mol. The summed E-state index contributed by atoms with van der Waals surface area (Å²) in [7, 11) is 3.38. The lowest BCUT2D eigenvalue weighted by atomic mass is 9.33. The third kappa shape index (κ3) is 11.8. The van der Waals surface area contributed by atoms with Gasteiger partial charge in [0.25, 0.3) is 0 Å². The number of esters is 2. The minimum absolute atomic E-state index is 0.0233. The molecule has 508 valence electrons. The number of allylic oxidation sites excluding steroid dienone is 4. The number of hydrogen-bond donors (Lipinski definition) is 7. The van der Waals surface area contributed by atoms with Crippen LogP contribution in [0.1, 0.15) is 238 Å². The number of aliphatic carboxylic acids is 4. The first-order valence-electron chi connectivity index (χ1n) is 33.9. The Kier molecular flexibility index (Phi) is 18.8. The van der Waals surface area contributed by atoms with Crippen molar-refractivity contribution in [1.82, 2.24) is 4.90 Å². The summed E-state index contributed by atoms with van der Waals surface area (Å²) in [5, 5.41) is 45.3. The normalized spacial score (nSPS) is 42.8. The first-order chi connectivity index (χ1) is 41.7. The van der Waals surface area contributed by atoms with Crippen LogP contribution in [0.25, 0.3) is 0 Å². The van der Waals surface area contributed by atoms with Crippen LogP contribution < -0.4 is 11.5 Å². The molecular weight excluding hydrogens is 1160 g/mol. The maximum atomic E-state index is 14.5. The second-order valence-corrected chi connectivity index (χ2v) is 34.3. The number of nitrogens with zero attached hydrogens (tertiary/aromatic N) is 2. The van der Waals surface area contributed by atoms with Gasteiger partial charge < -0.3 is 46.3 Å². The Morgan fingerprint density at radius 3 is 1.15 bits per heavy atom. The van der Waals surface area contributed by atoms with Gasteiger partial charge in [-0.05, 0) is 209 Å². The molecule has 19 heteroatoms. The highest BCUT2D eigenvalue weighted by atomic mass is 16.5. The highest BCUT2D eigenvalue weighted by Gasteiger charge is 2.73. The maximum absolute atomic E-state index is 14.5. The molecule has 0 aromatic heterocycles. The number of fused-ring (bicyclic) bond motifs is 14. The number of rotatable bonds is 10. The average Bonchev–Trinajstić information content (AvgIpc) is 0.681. The molecule has 0 amide bonds. The largest absolute Gasteiger partial charge is 0.481 e. The Labute approximate surface area is 540 Å². The second kappa shape index (κ2) is 24.0. The smallest absolute Gasteiger partial charge is 0.309 e. The molecule has 18 atom stereocenters. The number of nitrogens with two attached hydrogens (primary N) is 2. The van der Waals surface area contributed by atoms with E-state index in [9.17, 15) is 48.6 Å². The van der Waals surface area contributed by atoms with E-state index in [-0.39, 0.29) is 151 Å². The molecule has 9 N–H and O–H groups in total. The van der Waals surface area contributed by atoms with Gasteiger partial charge in [-0.2, -0.15) is 4.99 Å². The number of ketones is 2. The quantitative estimate of drug-likeness (QED) is 0.0607. The van der Waals surface area contributed by atoms with Crippen molar-refractivity contribution in [2.24, 2.45) is 117 Å². The summed E-state index contributed by atoms with van der Waals surface area (Å²) in [6.45, 7) is 31.0. The molecule has 0 aliphatic heterocycles. The Hall–Kier alpha value is -5.62. The first-order valence-corrected chi connectivity index (χ1v) is 33.9. The topological polar surface area (TPSA) is 327 Å². The van der Waals surface area contributed by atoms with Gasteiger partial charge in [-0.1, -0.05) is 94.2 Å². The molecule has 8 fully saturated rings. The molecule has 0 radical (unpaired) electrons. The standard InChI is InChI=1S/2C34H50O7.C4H11N5/c2*1-29(2)23-10-13-34(7)27(32(23,5)12-11-24(29)41-26(38)9-8-25(36)37)22(35)18-20-21-19-31(4,28(39)40)15-14-30(21,3)16-17-33(20,34)6;1-9(2)4(7)8-3(5)6/h2*18,21,23-24,27H,8-17,19H2,1-7H3,(H,36,37)(H,39,40);1-2H3,(H5,5,6,7,8)/t2*21-,23-,24-,27+,30+,31-,32-,33+,34+;/m00./s1. The van der Waals surface area contributed by atoms with Crippen LogP contribution >= 0.6 is 0 Å². The van der Waals surface area contributed by atoms with Crippen LogP contribution in [-0.4, -0.2) is 111 Å². The zero-order valence-corrected chi connectivity index (χ0v) is 57.8. The van der Waals surface area contributed by atoms with Crippen LogP contribution in [0.5, 0.6) is 0 Å². The Bertz CT molecular complexity index is 2910. The summed E-state index contributed by atoms with van der Waals surface area (Å²) < 4.78 is 11.8. The van der Waals surface area contributed by atoms with E-state index in [2.05, 4.69) is 88.1 Å². The van der Waals surface area contributed by atoms with Gasteiger partial charge in [0.1, 0.15) is 12.2 Å². The number of hydrogen-bond acceptors (Lipinski definition) is 11. The Morgan fingerprint density at radius 2 is 0.857 bits per heavy atom. The molecule has 0 heterocycles. The summed E-state index contributed by atoms with van der Waals surface area (Å²) in [4.78, 5) is 105. The van der Waals surface area contributed by atoms with Crippen molar-refractivity contribution in [3.05, 3.63) is 23.3 Å². The molecule has 91 heavy (non-hydrogen) atoms. The third-order valence-corrected chi connectivity index (χ3v) is 28.4. The summed E-state index contributed by atoms with van der Waals surface area (Å²) in [6.07, 6.45) is 17.6. The fourth-order valence-electron chi connectivity index (χ4n) is 22.2. The van der Waals surface area contributed by atoms with Crippen LogP contribution in [0.3, 0.4) is 0 Å². The maximum Gasteiger partial charge on any atom is 0.309 e. The zero-order chi connectivity index (χ0) is 68.2. The molecular formula is C72H111N5O14. The van der Waals surface area contributed by atoms with Crippen molar-refractivity contribution in [3.63, 3.8) is 0 Å². The van der Waals surface area contributed by atoms with Crippen molar-refractivity contribution in [2.45, 2.75) is 250 Å². The molecule has 0 bridgehead atoms. The number of ether oxygens (including phenoxy) is 2. The fourth-order valence-corrected chi connectivity index (χ4v) is 22.2.